The van der Waals surface area contributed by atoms with Gasteiger partial charge in [-0.25, -0.2) is 0 Å². The summed E-state index contributed by atoms with van der Waals surface area (Å²) in [7, 11) is 1.89. The summed E-state index contributed by atoms with van der Waals surface area (Å²) in [6.45, 7) is 2.88. The minimum atomic E-state index is 0.169. The molecule has 98 valence electrons. The van der Waals surface area contributed by atoms with Crippen LogP contribution in [0, 0.1) is 12.8 Å². The fourth-order valence-corrected chi connectivity index (χ4v) is 2.45. The van der Waals surface area contributed by atoms with E-state index in [0.29, 0.717) is 0 Å². The molecular weight excluding hydrogens is 224 g/mol. The molecule has 1 aromatic rings. The van der Waals surface area contributed by atoms with Crippen LogP contribution in [-0.4, -0.2) is 30.4 Å². The van der Waals surface area contributed by atoms with Gasteiger partial charge in [-0.1, -0.05) is 29.8 Å². The van der Waals surface area contributed by atoms with Crippen molar-refractivity contribution in [2.75, 3.05) is 13.6 Å². The van der Waals surface area contributed by atoms with Gasteiger partial charge in [-0.15, -0.1) is 0 Å². The molecule has 3 heteroatoms. The first kappa shape index (κ1) is 13.1. The van der Waals surface area contributed by atoms with Gasteiger partial charge < -0.3 is 10.6 Å². The van der Waals surface area contributed by atoms with Crippen LogP contribution in [0.4, 0.5) is 0 Å². The van der Waals surface area contributed by atoms with E-state index in [2.05, 4.69) is 31.2 Å². The Labute approximate surface area is 109 Å². The molecule has 1 aliphatic carbocycles. The summed E-state index contributed by atoms with van der Waals surface area (Å²) in [5.41, 5.74) is 8.28. The van der Waals surface area contributed by atoms with Gasteiger partial charge in [0.05, 0.1) is 0 Å². The molecule has 1 saturated carbocycles. The zero-order valence-corrected chi connectivity index (χ0v) is 11.2. The van der Waals surface area contributed by atoms with Gasteiger partial charge in [0.1, 0.15) is 0 Å². The van der Waals surface area contributed by atoms with Crippen LogP contribution in [0.1, 0.15) is 24.0 Å². The second-order valence-electron chi connectivity index (χ2n) is 5.43. The molecule has 0 bridgehead atoms. The van der Waals surface area contributed by atoms with E-state index in [1.807, 2.05) is 11.9 Å². The molecule has 0 radical (unpaired) electrons. The second-order valence-corrected chi connectivity index (χ2v) is 5.43. The minimum Gasteiger partial charge on any atom is -0.345 e. The molecule has 0 atom stereocenters. The molecule has 2 rings (SSSR count). The number of hydrogen-bond acceptors (Lipinski definition) is 2. The van der Waals surface area contributed by atoms with Crippen molar-refractivity contribution < 1.29 is 4.79 Å². The van der Waals surface area contributed by atoms with Gasteiger partial charge in [-0.3, -0.25) is 4.79 Å². The fraction of sp³-hybridized carbons (Fsp3) is 0.533. The van der Waals surface area contributed by atoms with E-state index in [1.54, 1.807) is 0 Å². The Bertz CT molecular complexity index is 424. The quantitative estimate of drug-likeness (QED) is 0.879. The maximum absolute atomic E-state index is 12.0. The first-order valence-corrected chi connectivity index (χ1v) is 6.62. The highest BCUT2D eigenvalue weighted by atomic mass is 16.2. The van der Waals surface area contributed by atoms with Crippen molar-refractivity contribution in [3.63, 3.8) is 0 Å². The molecule has 0 aliphatic heterocycles. The average Bonchev–Trinajstić information content (AvgIpc) is 2.31. The normalized spacial score (nSPS) is 22.4. The zero-order valence-electron chi connectivity index (χ0n) is 11.2. The Morgan fingerprint density at radius 1 is 1.44 bits per heavy atom. The van der Waals surface area contributed by atoms with Crippen molar-refractivity contribution >= 4 is 5.91 Å². The molecule has 0 unspecified atom stereocenters. The standard InChI is InChI=1S/C15H22N2O/c1-11-4-3-5-12(8-11)6-7-17(2)15(18)13-9-14(16)10-13/h3-5,8,13-14H,6-7,9-10,16H2,1-2H3. The van der Waals surface area contributed by atoms with E-state index in [-0.39, 0.29) is 17.9 Å². The number of nitrogens with two attached hydrogens (primary N) is 1. The highest BCUT2D eigenvalue weighted by molar-refractivity contribution is 5.79. The number of amides is 1. The van der Waals surface area contributed by atoms with Gasteiger partial charge in [-0.2, -0.15) is 0 Å². The molecule has 18 heavy (non-hydrogen) atoms. The number of nitrogens with zero attached hydrogens (tertiary/aromatic N) is 1. The number of hydrogen-bond donors (Lipinski definition) is 1. The summed E-state index contributed by atoms with van der Waals surface area (Å²) in [5.74, 6) is 0.423. The number of aryl methyl sites for hydroxylation is 1. The number of carbonyl (C=O) groups excluding carboxylic acids is 1. The molecule has 2 N–H and O–H groups in total. The molecule has 3 nitrogen and oxygen atoms in total. The number of carbonyl (C=O) groups is 1. The molecule has 1 aliphatic rings. The summed E-state index contributed by atoms with van der Waals surface area (Å²) in [5, 5.41) is 0. The van der Waals surface area contributed by atoms with Crippen molar-refractivity contribution in [1.82, 2.24) is 4.90 Å². The van der Waals surface area contributed by atoms with E-state index in [4.69, 9.17) is 5.73 Å². The highest BCUT2D eigenvalue weighted by Crippen LogP contribution is 2.27. The Hall–Kier alpha value is -1.35. The fourth-order valence-electron chi connectivity index (χ4n) is 2.45. The van der Waals surface area contributed by atoms with Crippen molar-refractivity contribution in [1.29, 1.82) is 0 Å². The van der Waals surface area contributed by atoms with Crippen LogP contribution in [0.5, 0.6) is 0 Å². The molecular formula is C15H22N2O. The first-order valence-electron chi connectivity index (χ1n) is 6.62. The lowest BCUT2D eigenvalue weighted by atomic mass is 9.80. The summed E-state index contributed by atoms with van der Waals surface area (Å²) in [6, 6.07) is 8.69. The van der Waals surface area contributed by atoms with E-state index in [1.165, 1.54) is 11.1 Å². The topological polar surface area (TPSA) is 46.3 Å². The summed E-state index contributed by atoms with van der Waals surface area (Å²) >= 11 is 0. The second kappa shape index (κ2) is 5.53. The first-order chi connectivity index (χ1) is 8.56. The van der Waals surface area contributed by atoms with Crippen LogP contribution >= 0.6 is 0 Å². The van der Waals surface area contributed by atoms with Gasteiger partial charge in [-0.05, 0) is 31.7 Å². The van der Waals surface area contributed by atoms with Crippen LogP contribution < -0.4 is 5.73 Å². The zero-order chi connectivity index (χ0) is 13.1. The van der Waals surface area contributed by atoms with E-state index in [0.717, 1.165) is 25.8 Å². The maximum atomic E-state index is 12.0. The van der Waals surface area contributed by atoms with Crippen LogP contribution in [0.3, 0.4) is 0 Å². The number of rotatable bonds is 4. The lowest BCUT2D eigenvalue weighted by Gasteiger charge is -2.34. The molecule has 1 amide bonds. The lowest BCUT2D eigenvalue weighted by molar-refractivity contribution is -0.137. The monoisotopic (exact) mass is 246 g/mol. The third-order valence-corrected chi connectivity index (χ3v) is 3.72. The third-order valence-electron chi connectivity index (χ3n) is 3.72. The van der Waals surface area contributed by atoms with E-state index in [9.17, 15) is 4.79 Å². The Morgan fingerprint density at radius 3 is 2.78 bits per heavy atom. The van der Waals surface area contributed by atoms with Crippen molar-refractivity contribution in [3.05, 3.63) is 35.4 Å². The predicted molar refractivity (Wildman–Crippen MR) is 73.2 cm³/mol. The highest BCUT2D eigenvalue weighted by Gasteiger charge is 2.33. The van der Waals surface area contributed by atoms with Gasteiger partial charge in [0.25, 0.3) is 0 Å². The lowest BCUT2D eigenvalue weighted by Crippen LogP contribution is -2.46. The Morgan fingerprint density at radius 2 is 2.17 bits per heavy atom. The van der Waals surface area contributed by atoms with Crippen LogP contribution in [-0.2, 0) is 11.2 Å². The largest absolute Gasteiger partial charge is 0.345 e. The molecule has 1 fully saturated rings. The van der Waals surface area contributed by atoms with Crippen LogP contribution in [0.15, 0.2) is 24.3 Å². The Balaban J connectivity index is 1.81. The summed E-state index contributed by atoms with van der Waals surface area (Å²) < 4.78 is 0. The Kier molecular flexibility index (Phi) is 4.02. The molecule has 0 aromatic heterocycles. The summed E-state index contributed by atoms with van der Waals surface area (Å²) in [4.78, 5) is 13.9. The molecule has 0 saturated heterocycles. The smallest absolute Gasteiger partial charge is 0.225 e. The SMILES string of the molecule is Cc1cccc(CCN(C)C(=O)C2CC(N)C2)c1. The molecule has 1 aromatic carbocycles. The van der Waals surface area contributed by atoms with E-state index < -0.39 is 0 Å². The van der Waals surface area contributed by atoms with Crippen molar-refractivity contribution in [3.8, 4) is 0 Å². The van der Waals surface area contributed by atoms with Crippen LogP contribution in [0.2, 0.25) is 0 Å². The molecule has 0 spiro atoms. The van der Waals surface area contributed by atoms with Gasteiger partial charge >= 0.3 is 0 Å². The van der Waals surface area contributed by atoms with Gasteiger partial charge in [0.15, 0.2) is 0 Å². The van der Waals surface area contributed by atoms with Gasteiger partial charge in [0.2, 0.25) is 5.91 Å². The number of likely N-dealkylation sites (N-methyl/N-ethyl adjacent to an activating group) is 1. The molecule has 0 heterocycles. The van der Waals surface area contributed by atoms with Crippen molar-refractivity contribution in [2.24, 2.45) is 11.7 Å². The predicted octanol–water partition coefficient (Wildman–Crippen LogP) is 1.73. The van der Waals surface area contributed by atoms with E-state index >= 15 is 0 Å². The van der Waals surface area contributed by atoms with Crippen LogP contribution in [0.25, 0.3) is 0 Å². The number of benzene rings is 1. The third kappa shape index (κ3) is 3.10. The maximum Gasteiger partial charge on any atom is 0.225 e. The summed E-state index contributed by atoms with van der Waals surface area (Å²) in [6.07, 6.45) is 2.63. The van der Waals surface area contributed by atoms with Crippen molar-refractivity contribution in [2.45, 2.75) is 32.2 Å². The van der Waals surface area contributed by atoms with Gasteiger partial charge in [0, 0.05) is 25.6 Å². The minimum absolute atomic E-state index is 0.169. The average molecular weight is 246 g/mol.